The van der Waals surface area contributed by atoms with E-state index < -0.39 is 18.4 Å². The number of nitrogens with one attached hydrogen (secondary N) is 1. The van der Waals surface area contributed by atoms with Gasteiger partial charge in [0.15, 0.2) is 5.69 Å². The molecular formula is C24H28F3N5O. The summed E-state index contributed by atoms with van der Waals surface area (Å²) in [6, 6.07) is 6.16. The summed E-state index contributed by atoms with van der Waals surface area (Å²) in [5.74, 6) is 1.34. The molecule has 1 N–H and O–H groups in total. The zero-order valence-corrected chi connectivity index (χ0v) is 18.4. The number of hydrogen-bond acceptors (Lipinski definition) is 6. The maximum atomic E-state index is 13.3. The molecule has 5 aliphatic rings. The van der Waals surface area contributed by atoms with Crippen LogP contribution in [0.5, 0.6) is 0 Å². The van der Waals surface area contributed by atoms with E-state index in [4.69, 9.17) is 7.48 Å². The molecule has 6 nitrogen and oxygen atoms in total. The molecule has 0 amide bonds. The quantitative estimate of drug-likeness (QED) is 0.718. The maximum absolute atomic E-state index is 13.3. The van der Waals surface area contributed by atoms with Crippen LogP contribution in [0.2, 0.25) is 0 Å². The van der Waals surface area contributed by atoms with Crippen molar-refractivity contribution in [2.45, 2.75) is 50.4 Å². The van der Waals surface area contributed by atoms with Gasteiger partial charge in [0.2, 0.25) is 0 Å². The lowest BCUT2D eigenvalue weighted by Gasteiger charge is -2.44. The first-order valence-corrected chi connectivity index (χ1v) is 11.5. The third-order valence-electron chi connectivity index (χ3n) is 7.64. The second kappa shape index (κ2) is 7.37. The van der Waals surface area contributed by atoms with Crippen LogP contribution in [0.4, 0.5) is 19.0 Å². The van der Waals surface area contributed by atoms with Crippen molar-refractivity contribution < 1.29 is 20.6 Å². The van der Waals surface area contributed by atoms with E-state index in [9.17, 15) is 13.2 Å². The summed E-state index contributed by atoms with van der Waals surface area (Å²) in [4.78, 5) is 5.51. The normalized spacial score (nSPS) is 36.8. The van der Waals surface area contributed by atoms with Crippen LogP contribution in [0.25, 0.3) is 11.3 Å². The Kier molecular flexibility index (Phi) is 4.26. The van der Waals surface area contributed by atoms with Crippen molar-refractivity contribution >= 4 is 5.82 Å². The number of ether oxygens (including phenoxy) is 1. The Morgan fingerprint density at radius 1 is 1.18 bits per heavy atom. The number of likely N-dealkylation sites (tertiary alicyclic amines) is 1. The van der Waals surface area contributed by atoms with Gasteiger partial charge in [0.05, 0.1) is 17.9 Å². The zero-order chi connectivity index (χ0) is 24.6. The molecular weight excluding hydrogens is 431 g/mol. The van der Waals surface area contributed by atoms with Gasteiger partial charge in [0, 0.05) is 45.5 Å². The minimum atomic E-state index is -4.57. The molecule has 0 aromatic carbocycles. The van der Waals surface area contributed by atoms with Crippen LogP contribution in [0.15, 0.2) is 30.5 Å². The van der Waals surface area contributed by atoms with Crippen molar-refractivity contribution in [2.75, 3.05) is 31.5 Å². The summed E-state index contributed by atoms with van der Waals surface area (Å²) in [5, 5.41) is 11.5. The number of pyridine rings is 1. The van der Waals surface area contributed by atoms with Crippen molar-refractivity contribution in [1.82, 2.24) is 20.1 Å². The predicted octanol–water partition coefficient (Wildman–Crippen LogP) is 4.25. The van der Waals surface area contributed by atoms with Crippen LogP contribution < -0.4 is 5.32 Å². The molecule has 2 atom stereocenters. The van der Waals surface area contributed by atoms with Gasteiger partial charge in [0.25, 0.3) is 0 Å². The van der Waals surface area contributed by atoms with Crippen LogP contribution in [0.3, 0.4) is 0 Å². The van der Waals surface area contributed by atoms with E-state index in [2.05, 4.69) is 27.4 Å². The smallest absolute Gasteiger partial charge is 0.375 e. The lowest BCUT2D eigenvalue weighted by atomic mass is 9.63. The SMILES string of the molecule is [2H]C([2H])(N1CC2CC(Nc3ccc(-c4cccnc4C(F)(F)F)nn3)CC2C1)C12COC(C)(C1)C2. The van der Waals surface area contributed by atoms with Crippen LogP contribution in [-0.4, -0.2) is 57.9 Å². The summed E-state index contributed by atoms with van der Waals surface area (Å²) in [6.45, 7) is 2.69. The van der Waals surface area contributed by atoms with Crippen molar-refractivity contribution in [3.63, 3.8) is 0 Å². The minimum absolute atomic E-state index is 0.0947. The lowest BCUT2D eigenvalue weighted by Crippen LogP contribution is -2.48. The summed E-state index contributed by atoms with van der Waals surface area (Å²) in [5.41, 5.74) is -1.46. The number of rotatable bonds is 5. The molecule has 2 bridgehead atoms. The van der Waals surface area contributed by atoms with Crippen molar-refractivity contribution in [3.8, 4) is 11.3 Å². The number of halogens is 3. The summed E-state index contributed by atoms with van der Waals surface area (Å²) >= 11 is 0. The van der Waals surface area contributed by atoms with E-state index in [1.54, 1.807) is 6.07 Å². The number of aromatic nitrogens is 3. The van der Waals surface area contributed by atoms with Gasteiger partial charge in [-0.1, -0.05) is 0 Å². The zero-order valence-electron chi connectivity index (χ0n) is 20.4. The molecule has 9 heteroatoms. The van der Waals surface area contributed by atoms with E-state index >= 15 is 0 Å². The van der Waals surface area contributed by atoms with Crippen LogP contribution >= 0.6 is 0 Å². The molecule has 3 aliphatic heterocycles. The standard InChI is InChI=1S/C24H28F3N5O/c1-22-11-23(12-22,14-33-22)13-32-9-15-7-17(8-16(15)10-32)29-20-5-4-19(30-31-20)18-3-2-6-28-21(18)24(25,26)27/h2-6,15-17H,7-14H2,1H3,(H,29,31)/i13D2. The maximum Gasteiger partial charge on any atom is 0.434 e. The summed E-state index contributed by atoms with van der Waals surface area (Å²) < 4.78 is 63.5. The molecule has 33 heavy (non-hydrogen) atoms. The molecule has 7 rings (SSSR count). The molecule has 3 saturated heterocycles. The van der Waals surface area contributed by atoms with Crippen molar-refractivity contribution in [3.05, 3.63) is 36.2 Å². The van der Waals surface area contributed by atoms with Crippen molar-refractivity contribution in [2.24, 2.45) is 17.3 Å². The van der Waals surface area contributed by atoms with Gasteiger partial charge < -0.3 is 15.0 Å². The van der Waals surface area contributed by atoms with Crippen LogP contribution in [0.1, 0.15) is 41.0 Å². The van der Waals surface area contributed by atoms with E-state index in [0.717, 1.165) is 45.0 Å². The highest BCUT2D eigenvalue weighted by molar-refractivity contribution is 5.62. The fourth-order valence-corrected chi connectivity index (χ4v) is 6.45. The first-order valence-electron chi connectivity index (χ1n) is 12.5. The largest absolute Gasteiger partial charge is 0.434 e. The van der Waals surface area contributed by atoms with E-state index in [1.165, 1.54) is 18.2 Å². The molecule has 2 unspecified atom stereocenters. The average Bonchev–Trinajstić information content (AvgIpc) is 3.52. The molecule has 2 aromatic rings. The van der Waals surface area contributed by atoms with E-state index in [1.807, 2.05) is 4.90 Å². The van der Waals surface area contributed by atoms with E-state index in [-0.39, 0.29) is 28.3 Å². The monoisotopic (exact) mass is 461 g/mol. The molecule has 0 spiro atoms. The van der Waals surface area contributed by atoms with Gasteiger partial charge in [-0.15, -0.1) is 10.2 Å². The molecule has 5 heterocycles. The van der Waals surface area contributed by atoms with E-state index in [0.29, 0.717) is 24.3 Å². The number of nitrogens with zero attached hydrogens (tertiary/aromatic N) is 4. The van der Waals surface area contributed by atoms with Gasteiger partial charge in [0.1, 0.15) is 5.82 Å². The number of alkyl halides is 3. The fourth-order valence-electron chi connectivity index (χ4n) is 6.45. The number of hydrogen-bond donors (Lipinski definition) is 1. The lowest BCUT2D eigenvalue weighted by molar-refractivity contribution is -0.140. The van der Waals surface area contributed by atoms with Crippen LogP contribution in [0, 0.1) is 17.3 Å². The third-order valence-corrected chi connectivity index (χ3v) is 7.64. The number of fused-ring (bicyclic) bond motifs is 2. The second-order valence-electron chi connectivity index (χ2n) is 10.4. The summed E-state index contributed by atoms with van der Waals surface area (Å²) in [6.07, 6.45) is -0.0550. The first kappa shape index (κ1) is 19.1. The fraction of sp³-hybridized carbons (Fsp3) is 0.625. The predicted molar refractivity (Wildman–Crippen MR) is 116 cm³/mol. The highest BCUT2D eigenvalue weighted by Crippen LogP contribution is 2.58. The van der Waals surface area contributed by atoms with Crippen LogP contribution in [-0.2, 0) is 10.9 Å². The Balaban J connectivity index is 1.08. The molecule has 0 radical (unpaired) electrons. The molecule has 176 valence electrons. The molecule has 2 saturated carbocycles. The Morgan fingerprint density at radius 3 is 2.55 bits per heavy atom. The molecule has 2 aromatic heterocycles. The summed E-state index contributed by atoms with van der Waals surface area (Å²) in [7, 11) is 0. The van der Waals surface area contributed by atoms with Gasteiger partial charge in [-0.05, 0) is 68.7 Å². The minimum Gasteiger partial charge on any atom is -0.375 e. The average molecular weight is 462 g/mol. The molecule has 5 fully saturated rings. The Hall–Kier alpha value is -2.26. The van der Waals surface area contributed by atoms with Crippen molar-refractivity contribution in [1.29, 1.82) is 0 Å². The van der Waals surface area contributed by atoms with Gasteiger partial charge >= 0.3 is 6.18 Å². The highest BCUT2D eigenvalue weighted by atomic mass is 19.4. The van der Waals surface area contributed by atoms with Gasteiger partial charge in [-0.25, -0.2) is 0 Å². The highest BCUT2D eigenvalue weighted by Gasteiger charge is 2.60. The van der Waals surface area contributed by atoms with Gasteiger partial charge in [-0.2, -0.15) is 13.2 Å². The van der Waals surface area contributed by atoms with Gasteiger partial charge in [-0.3, -0.25) is 4.98 Å². The topological polar surface area (TPSA) is 63.2 Å². The Morgan fingerprint density at radius 2 is 1.94 bits per heavy atom. The molecule has 2 aliphatic carbocycles. The second-order valence-corrected chi connectivity index (χ2v) is 10.4. The first-order chi connectivity index (χ1) is 16.5. The number of anilines is 1. The Labute approximate surface area is 193 Å². The Bertz CT molecular complexity index is 1110. The third kappa shape index (κ3) is 3.89.